The van der Waals surface area contributed by atoms with Crippen LogP contribution in [0.1, 0.15) is 39.0 Å². The third kappa shape index (κ3) is 2.86. The molecule has 88 valence electrons. The number of ether oxygens (including phenoxy) is 2. The predicted octanol–water partition coefficient (Wildman–Crippen LogP) is 2.98. The van der Waals surface area contributed by atoms with Crippen LogP contribution in [0.4, 0.5) is 0 Å². The van der Waals surface area contributed by atoms with Crippen molar-refractivity contribution >= 4 is 11.6 Å². The van der Waals surface area contributed by atoms with Gasteiger partial charge in [-0.3, -0.25) is 0 Å². The molecule has 3 heteroatoms. The Morgan fingerprint density at radius 1 is 1.40 bits per heavy atom. The predicted molar refractivity (Wildman–Crippen MR) is 61.4 cm³/mol. The maximum atomic E-state index is 6.12. The molecule has 0 amide bonds. The molecule has 0 spiro atoms. The molecule has 0 aromatic rings. The number of hydrogen-bond donors (Lipinski definition) is 0. The van der Waals surface area contributed by atoms with E-state index < -0.39 is 0 Å². The van der Waals surface area contributed by atoms with Crippen molar-refractivity contribution < 1.29 is 9.47 Å². The summed E-state index contributed by atoms with van der Waals surface area (Å²) < 4.78 is 11.5. The molecule has 2 nitrogen and oxygen atoms in total. The molecule has 2 aliphatic heterocycles. The van der Waals surface area contributed by atoms with Gasteiger partial charge in [-0.25, -0.2) is 0 Å². The van der Waals surface area contributed by atoms with Gasteiger partial charge in [-0.05, 0) is 39.0 Å². The summed E-state index contributed by atoms with van der Waals surface area (Å²) in [6.07, 6.45) is 6.68. The number of halogens is 1. The van der Waals surface area contributed by atoms with Crippen LogP contribution in [-0.2, 0) is 9.47 Å². The van der Waals surface area contributed by atoms with E-state index in [0.29, 0.717) is 18.1 Å². The second-order valence-corrected chi connectivity index (χ2v) is 5.41. The molecular weight excluding hydrogens is 212 g/mol. The van der Waals surface area contributed by atoms with Gasteiger partial charge in [0.1, 0.15) is 0 Å². The average molecular weight is 233 g/mol. The van der Waals surface area contributed by atoms with Crippen molar-refractivity contribution in [3.63, 3.8) is 0 Å². The Morgan fingerprint density at radius 3 is 2.80 bits per heavy atom. The van der Waals surface area contributed by atoms with Crippen molar-refractivity contribution in [2.45, 2.75) is 51.2 Å². The molecule has 0 radical (unpaired) electrons. The first kappa shape index (κ1) is 11.7. The van der Waals surface area contributed by atoms with E-state index in [1.54, 1.807) is 0 Å². The van der Waals surface area contributed by atoms with Gasteiger partial charge in [0.15, 0.2) is 0 Å². The summed E-state index contributed by atoms with van der Waals surface area (Å²) in [4.78, 5) is 0. The smallest absolute Gasteiger partial charge is 0.0586 e. The van der Waals surface area contributed by atoms with E-state index in [9.17, 15) is 0 Å². The fourth-order valence-corrected chi connectivity index (χ4v) is 3.07. The van der Waals surface area contributed by atoms with Crippen LogP contribution in [0.2, 0.25) is 0 Å². The zero-order chi connectivity index (χ0) is 10.7. The van der Waals surface area contributed by atoms with Crippen molar-refractivity contribution in [3.05, 3.63) is 0 Å². The van der Waals surface area contributed by atoms with E-state index in [0.717, 1.165) is 26.1 Å². The minimum atomic E-state index is 0.189. The molecule has 15 heavy (non-hydrogen) atoms. The molecule has 2 saturated heterocycles. The van der Waals surface area contributed by atoms with Gasteiger partial charge in [0.05, 0.1) is 18.8 Å². The topological polar surface area (TPSA) is 18.5 Å². The Morgan fingerprint density at radius 2 is 2.27 bits per heavy atom. The lowest BCUT2D eigenvalue weighted by atomic mass is 9.79. The first-order valence-corrected chi connectivity index (χ1v) is 6.57. The fourth-order valence-electron chi connectivity index (χ4n) is 2.75. The maximum Gasteiger partial charge on any atom is 0.0586 e. The van der Waals surface area contributed by atoms with E-state index in [4.69, 9.17) is 21.1 Å². The Hall–Kier alpha value is 0.210. The summed E-state index contributed by atoms with van der Waals surface area (Å²) in [6.45, 7) is 3.88. The molecule has 3 unspecified atom stereocenters. The molecular formula is C12H21ClO2. The molecule has 0 aromatic heterocycles. The van der Waals surface area contributed by atoms with Gasteiger partial charge < -0.3 is 9.47 Å². The number of alkyl halides is 1. The van der Waals surface area contributed by atoms with Crippen LogP contribution in [0, 0.1) is 5.41 Å². The van der Waals surface area contributed by atoms with Crippen LogP contribution in [0.15, 0.2) is 0 Å². The maximum absolute atomic E-state index is 6.12. The third-order valence-corrected chi connectivity index (χ3v) is 4.24. The van der Waals surface area contributed by atoms with Crippen molar-refractivity contribution in [1.29, 1.82) is 0 Å². The SMILES string of the molecule is CC1CCC(CC2(CCl)CCCOC2)O1. The quantitative estimate of drug-likeness (QED) is 0.697. The normalized spacial score (nSPS) is 42.0. The Kier molecular flexibility index (Phi) is 3.92. The minimum absolute atomic E-state index is 0.189. The van der Waals surface area contributed by atoms with Gasteiger partial charge in [-0.1, -0.05) is 0 Å². The van der Waals surface area contributed by atoms with Gasteiger partial charge in [-0.15, -0.1) is 11.6 Å². The average Bonchev–Trinajstić information content (AvgIpc) is 2.65. The first-order valence-electron chi connectivity index (χ1n) is 6.03. The van der Waals surface area contributed by atoms with Gasteiger partial charge in [0.25, 0.3) is 0 Å². The van der Waals surface area contributed by atoms with Crippen LogP contribution in [0.3, 0.4) is 0 Å². The largest absolute Gasteiger partial charge is 0.381 e. The third-order valence-electron chi connectivity index (χ3n) is 3.67. The molecule has 0 saturated carbocycles. The summed E-state index contributed by atoms with van der Waals surface area (Å²) in [5, 5.41) is 0. The van der Waals surface area contributed by atoms with E-state index >= 15 is 0 Å². The number of hydrogen-bond acceptors (Lipinski definition) is 2. The second-order valence-electron chi connectivity index (χ2n) is 5.14. The first-order chi connectivity index (χ1) is 7.24. The van der Waals surface area contributed by atoms with Crippen molar-refractivity contribution in [2.75, 3.05) is 19.1 Å². The van der Waals surface area contributed by atoms with Gasteiger partial charge >= 0.3 is 0 Å². The Bertz CT molecular complexity index is 202. The van der Waals surface area contributed by atoms with Crippen LogP contribution in [-0.4, -0.2) is 31.3 Å². The lowest BCUT2D eigenvalue weighted by molar-refractivity contribution is -0.0378. The summed E-state index contributed by atoms with van der Waals surface area (Å²) in [6, 6.07) is 0. The molecule has 3 atom stereocenters. The van der Waals surface area contributed by atoms with Gasteiger partial charge in [0.2, 0.25) is 0 Å². The lowest BCUT2D eigenvalue weighted by Gasteiger charge is -2.37. The Balaban J connectivity index is 1.89. The molecule has 0 aliphatic carbocycles. The molecule has 2 rings (SSSR count). The molecule has 0 bridgehead atoms. The van der Waals surface area contributed by atoms with E-state index in [1.807, 2.05) is 0 Å². The Labute approximate surface area is 97.3 Å². The number of rotatable bonds is 3. The molecule has 2 aliphatic rings. The van der Waals surface area contributed by atoms with E-state index in [1.165, 1.54) is 19.3 Å². The minimum Gasteiger partial charge on any atom is -0.381 e. The van der Waals surface area contributed by atoms with Crippen molar-refractivity contribution in [3.8, 4) is 0 Å². The standard InChI is InChI=1S/C12H21ClO2/c1-10-3-4-11(15-10)7-12(8-13)5-2-6-14-9-12/h10-11H,2-9H2,1H3. The van der Waals surface area contributed by atoms with Crippen molar-refractivity contribution in [2.24, 2.45) is 5.41 Å². The van der Waals surface area contributed by atoms with Gasteiger partial charge in [-0.2, -0.15) is 0 Å². The highest BCUT2D eigenvalue weighted by atomic mass is 35.5. The highest BCUT2D eigenvalue weighted by Crippen LogP contribution is 2.38. The van der Waals surface area contributed by atoms with Crippen LogP contribution < -0.4 is 0 Å². The zero-order valence-corrected chi connectivity index (χ0v) is 10.3. The molecule has 2 fully saturated rings. The van der Waals surface area contributed by atoms with Crippen LogP contribution in [0.5, 0.6) is 0 Å². The van der Waals surface area contributed by atoms with E-state index in [2.05, 4.69) is 6.92 Å². The lowest BCUT2D eigenvalue weighted by Crippen LogP contribution is -2.37. The zero-order valence-electron chi connectivity index (χ0n) is 9.51. The van der Waals surface area contributed by atoms with Gasteiger partial charge in [0, 0.05) is 17.9 Å². The summed E-state index contributed by atoms with van der Waals surface area (Å²) in [5.41, 5.74) is 0.189. The van der Waals surface area contributed by atoms with Crippen LogP contribution in [0.25, 0.3) is 0 Å². The van der Waals surface area contributed by atoms with Crippen molar-refractivity contribution in [1.82, 2.24) is 0 Å². The summed E-state index contributed by atoms with van der Waals surface area (Å²) in [5.74, 6) is 0.710. The second kappa shape index (κ2) is 5.03. The summed E-state index contributed by atoms with van der Waals surface area (Å²) >= 11 is 6.12. The molecule has 0 N–H and O–H groups in total. The van der Waals surface area contributed by atoms with E-state index in [-0.39, 0.29) is 5.41 Å². The highest BCUT2D eigenvalue weighted by molar-refractivity contribution is 6.18. The van der Waals surface area contributed by atoms with Crippen LogP contribution >= 0.6 is 11.6 Å². The molecule has 0 aromatic carbocycles. The molecule has 2 heterocycles. The monoisotopic (exact) mass is 232 g/mol. The summed E-state index contributed by atoms with van der Waals surface area (Å²) in [7, 11) is 0. The highest BCUT2D eigenvalue weighted by Gasteiger charge is 2.37. The fraction of sp³-hybridized carbons (Fsp3) is 1.00.